The van der Waals surface area contributed by atoms with E-state index in [1.165, 1.54) is 24.8 Å². The summed E-state index contributed by atoms with van der Waals surface area (Å²) in [6.45, 7) is 13.7. The molecule has 0 bridgehead atoms. The van der Waals surface area contributed by atoms with Crippen LogP contribution in [-0.4, -0.2) is 12.1 Å². The highest BCUT2D eigenvalue weighted by molar-refractivity contribution is 4.95. The van der Waals surface area contributed by atoms with Gasteiger partial charge in [-0.3, -0.25) is 0 Å². The molecule has 0 aromatic carbocycles. The lowest BCUT2D eigenvalue weighted by atomic mass is 9.89. The fourth-order valence-electron chi connectivity index (χ4n) is 1.46. The van der Waals surface area contributed by atoms with Gasteiger partial charge in [0.05, 0.1) is 0 Å². The van der Waals surface area contributed by atoms with Gasteiger partial charge in [0, 0.05) is 12.1 Å². The molecule has 1 nitrogen and oxygen atoms in total. The van der Waals surface area contributed by atoms with Gasteiger partial charge in [-0.2, -0.15) is 0 Å². The average molecular weight is 169 g/mol. The van der Waals surface area contributed by atoms with Crippen LogP contribution in [0.1, 0.15) is 47.0 Å². The van der Waals surface area contributed by atoms with Crippen molar-refractivity contribution in [2.24, 2.45) is 0 Å². The fraction of sp³-hybridized carbons (Fsp3) is 0.818. The molecule has 0 aliphatic carbocycles. The van der Waals surface area contributed by atoms with E-state index in [1.807, 2.05) is 0 Å². The van der Waals surface area contributed by atoms with Gasteiger partial charge < -0.3 is 5.32 Å². The normalized spacial score (nSPS) is 11.7. The zero-order valence-corrected chi connectivity index (χ0v) is 9.04. The molecule has 0 atom stereocenters. The summed E-state index contributed by atoms with van der Waals surface area (Å²) in [6.07, 6.45) is 3.60. The van der Waals surface area contributed by atoms with E-state index in [0.29, 0.717) is 5.54 Å². The Morgan fingerprint density at radius 1 is 1.17 bits per heavy atom. The van der Waals surface area contributed by atoms with Crippen molar-refractivity contribution in [3.63, 3.8) is 0 Å². The predicted molar refractivity (Wildman–Crippen MR) is 56.4 cm³/mol. The zero-order valence-electron chi connectivity index (χ0n) is 9.04. The summed E-state index contributed by atoms with van der Waals surface area (Å²) >= 11 is 0. The molecule has 72 valence electrons. The summed E-state index contributed by atoms with van der Waals surface area (Å²) < 4.78 is 0. The third-order valence-electron chi connectivity index (χ3n) is 2.80. The largest absolute Gasteiger partial charge is 0.308 e. The van der Waals surface area contributed by atoms with Gasteiger partial charge in [0.1, 0.15) is 0 Å². The van der Waals surface area contributed by atoms with Crippen LogP contribution in [0, 0.1) is 0 Å². The Bertz CT molecular complexity index is 126. The Hall–Kier alpha value is -0.300. The van der Waals surface area contributed by atoms with E-state index in [1.54, 1.807) is 0 Å². The Kier molecular flexibility index (Phi) is 5.23. The average Bonchev–Trinajstić information content (AvgIpc) is 2.08. The van der Waals surface area contributed by atoms with E-state index < -0.39 is 0 Å². The molecule has 1 heteroatoms. The van der Waals surface area contributed by atoms with Crippen LogP contribution in [-0.2, 0) is 0 Å². The van der Waals surface area contributed by atoms with Gasteiger partial charge in [-0.25, -0.2) is 0 Å². The molecule has 0 saturated carbocycles. The van der Waals surface area contributed by atoms with E-state index in [4.69, 9.17) is 0 Å². The van der Waals surface area contributed by atoms with Crippen LogP contribution >= 0.6 is 0 Å². The number of rotatable bonds is 6. The molecule has 0 radical (unpaired) electrons. The van der Waals surface area contributed by atoms with Crippen LogP contribution in [0.2, 0.25) is 0 Å². The fourth-order valence-corrected chi connectivity index (χ4v) is 1.46. The molecule has 0 aromatic rings. The molecule has 0 heterocycles. The van der Waals surface area contributed by atoms with Gasteiger partial charge >= 0.3 is 0 Å². The Morgan fingerprint density at radius 2 is 1.58 bits per heavy atom. The molecule has 0 aliphatic heterocycles. The monoisotopic (exact) mass is 169 g/mol. The molecule has 0 spiro atoms. The van der Waals surface area contributed by atoms with Crippen LogP contribution in [0.5, 0.6) is 0 Å². The van der Waals surface area contributed by atoms with E-state index in [0.717, 1.165) is 6.54 Å². The van der Waals surface area contributed by atoms with Crippen LogP contribution < -0.4 is 5.32 Å². The quantitative estimate of drug-likeness (QED) is 0.602. The molecule has 0 rings (SSSR count). The Morgan fingerprint density at radius 3 is 1.83 bits per heavy atom. The first-order valence-electron chi connectivity index (χ1n) is 4.99. The van der Waals surface area contributed by atoms with Gasteiger partial charge in [-0.15, -0.1) is 0 Å². The number of nitrogens with one attached hydrogen (secondary N) is 1. The van der Waals surface area contributed by atoms with Crippen molar-refractivity contribution in [1.29, 1.82) is 0 Å². The standard InChI is InChI=1S/C11H23N/c1-6-11(7-2,8-3)12-9-10(4)5/h12H,4,6-9H2,1-3,5H3. The maximum Gasteiger partial charge on any atom is 0.0176 e. The molecule has 0 fully saturated rings. The SMILES string of the molecule is C=C(C)CNC(CC)(CC)CC. The van der Waals surface area contributed by atoms with Crippen molar-refractivity contribution in [2.75, 3.05) is 6.54 Å². The van der Waals surface area contributed by atoms with E-state index in [9.17, 15) is 0 Å². The topological polar surface area (TPSA) is 12.0 Å². The highest BCUT2D eigenvalue weighted by Gasteiger charge is 2.21. The zero-order chi connectivity index (χ0) is 9.61. The minimum absolute atomic E-state index is 0.346. The summed E-state index contributed by atoms with van der Waals surface area (Å²) in [7, 11) is 0. The van der Waals surface area contributed by atoms with Crippen LogP contribution in [0.15, 0.2) is 12.2 Å². The lowest BCUT2D eigenvalue weighted by molar-refractivity contribution is 0.300. The van der Waals surface area contributed by atoms with E-state index >= 15 is 0 Å². The first-order chi connectivity index (χ1) is 5.60. The maximum absolute atomic E-state index is 3.90. The van der Waals surface area contributed by atoms with Gasteiger partial charge in [0.2, 0.25) is 0 Å². The van der Waals surface area contributed by atoms with Crippen molar-refractivity contribution >= 4 is 0 Å². The minimum atomic E-state index is 0.346. The van der Waals surface area contributed by atoms with Crippen LogP contribution in [0.3, 0.4) is 0 Å². The van der Waals surface area contributed by atoms with Crippen LogP contribution in [0.25, 0.3) is 0 Å². The molecular weight excluding hydrogens is 146 g/mol. The Labute approximate surface area is 77.2 Å². The molecule has 0 unspecified atom stereocenters. The molecule has 0 aromatic heterocycles. The van der Waals surface area contributed by atoms with Crippen molar-refractivity contribution in [2.45, 2.75) is 52.5 Å². The first kappa shape index (κ1) is 11.7. The molecule has 0 aliphatic rings. The molecule has 0 amide bonds. The second kappa shape index (κ2) is 5.36. The number of hydrogen-bond donors (Lipinski definition) is 1. The van der Waals surface area contributed by atoms with Gasteiger partial charge in [-0.05, 0) is 26.2 Å². The Balaban J connectivity index is 4.01. The molecular formula is C11H23N. The smallest absolute Gasteiger partial charge is 0.0176 e. The second-order valence-electron chi connectivity index (χ2n) is 3.65. The van der Waals surface area contributed by atoms with Crippen molar-refractivity contribution in [1.82, 2.24) is 5.32 Å². The van der Waals surface area contributed by atoms with E-state index in [-0.39, 0.29) is 0 Å². The molecule has 1 N–H and O–H groups in total. The third-order valence-corrected chi connectivity index (χ3v) is 2.80. The van der Waals surface area contributed by atoms with Crippen molar-refractivity contribution < 1.29 is 0 Å². The van der Waals surface area contributed by atoms with Gasteiger partial charge in [0.25, 0.3) is 0 Å². The second-order valence-corrected chi connectivity index (χ2v) is 3.65. The summed E-state index contributed by atoms with van der Waals surface area (Å²) in [4.78, 5) is 0. The summed E-state index contributed by atoms with van der Waals surface area (Å²) in [5.74, 6) is 0. The predicted octanol–water partition coefficient (Wildman–Crippen LogP) is 3.12. The van der Waals surface area contributed by atoms with Gasteiger partial charge in [-0.1, -0.05) is 32.9 Å². The van der Waals surface area contributed by atoms with Crippen molar-refractivity contribution in [3.8, 4) is 0 Å². The van der Waals surface area contributed by atoms with Crippen molar-refractivity contribution in [3.05, 3.63) is 12.2 Å². The molecule has 0 saturated heterocycles. The maximum atomic E-state index is 3.90. The third kappa shape index (κ3) is 3.40. The highest BCUT2D eigenvalue weighted by Crippen LogP contribution is 2.18. The molecule has 12 heavy (non-hydrogen) atoms. The summed E-state index contributed by atoms with van der Waals surface area (Å²) in [5.41, 5.74) is 1.56. The number of hydrogen-bond acceptors (Lipinski definition) is 1. The highest BCUT2D eigenvalue weighted by atomic mass is 15.0. The first-order valence-corrected chi connectivity index (χ1v) is 4.99. The minimum Gasteiger partial charge on any atom is -0.308 e. The lowest BCUT2D eigenvalue weighted by Crippen LogP contribution is -2.44. The van der Waals surface area contributed by atoms with Crippen LogP contribution in [0.4, 0.5) is 0 Å². The van der Waals surface area contributed by atoms with E-state index in [2.05, 4.69) is 39.6 Å². The lowest BCUT2D eigenvalue weighted by Gasteiger charge is -2.32. The summed E-state index contributed by atoms with van der Waals surface area (Å²) in [6, 6.07) is 0. The van der Waals surface area contributed by atoms with Gasteiger partial charge in [0.15, 0.2) is 0 Å². The summed E-state index contributed by atoms with van der Waals surface area (Å²) in [5, 5.41) is 3.58.